The highest BCUT2D eigenvalue weighted by molar-refractivity contribution is 6.01. The van der Waals surface area contributed by atoms with E-state index in [0.717, 1.165) is 0 Å². The first-order valence-electron chi connectivity index (χ1n) is 17.6. The van der Waals surface area contributed by atoms with Crippen LogP contribution >= 0.6 is 0 Å². The minimum Gasteiger partial charge on any atom is -0.481 e. The number of aryl methyl sites for hydroxylation is 2. The van der Waals surface area contributed by atoms with Crippen LogP contribution in [0.3, 0.4) is 0 Å². The van der Waals surface area contributed by atoms with E-state index < -0.39 is 80.3 Å². The normalized spacial score (nSPS) is 12.5. The molecule has 0 aliphatic carbocycles. The first kappa shape index (κ1) is 41.1. The highest BCUT2D eigenvalue weighted by Crippen LogP contribution is 2.39. The maximum Gasteiger partial charge on any atom is 0.307 e. The van der Waals surface area contributed by atoms with Gasteiger partial charge < -0.3 is 45.7 Å². The summed E-state index contributed by atoms with van der Waals surface area (Å²) in [5, 5.41) is 68.4. The van der Waals surface area contributed by atoms with E-state index in [4.69, 9.17) is 9.97 Å². The van der Waals surface area contributed by atoms with Crippen molar-refractivity contribution in [2.75, 3.05) is 0 Å². The molecule has 5 rings (SSSR count). The van der Waals surface area contributed by atoms with E-state index >= 15 is 0 Å². The smallest absolute Gasteiger partial charge is 0.307 e. The van der Waals surface area contributed by atoms with Gasteiger partial charge in [0.1, 0.15) is 0 Å². The Balaban J connectivity index is 2.05. The molecule has 298 valence electrons. The maximum atomic E-state index is 12.3. The van der Waals surface area contributed by atoms with Crippen LogP contribution in [-0.4, -0.2) is 97.5 Å². The van der Waals surface area contributed by atoms with E-state index in [2.05, 4.69) is 9.97 Å². The molecule has 0 radical (unpaired) electrons. The predicted molar refractivity (Wildman–Crippen MR) is 201 cm³/mol. The van der Waals surface area contributed by atoms with Crippen molar-refractivity contribution in [3.8, 4) is 0 Å². The van der Waals surface area contributed by atoms with E-state index in [1.807, 2.05) is 0 Å². The van der Waals surface area contributed by atoms with Crippen molar-refractivity contribution in [3.05, 3.63) is 69.3 Å². The summed E-state index contributed by atoms with van der Waals surface area (Å²) in [5.74, 6) is -8.49. The zero-order valence-electron chi connectivity index (χ0n) is 30.5. The van der Waals surface area contributed by atoms with E-state index in [0.29, 0.717) is 16.7 Å². The van der Waals surface area contributed by atoms with E-state index in [1.54, 1.807) is 6.92 Å². The van der Waals surface area contributed by atoms with Crippen LogP contribution in [0.5, 0.6) is 0 Å². The number of H-pyrrole nitrogens is 2. The lowest BCUT2D eigenvalue weighted by molar-refractivity contribution is -0.138. The van der Waals surface area contributed by atoms with Crippen molar-refractivity contribution in [1.29, 1.82) is 0 Å². The van der Waals surface area contributed by atoms with Gasteiger partial charge in [-0.05, 0) is 101 Å². The Labute approximate surface area is 321 Å². The van der Waals surface area contributed by atoms with Gasteiger partial charge in [-0.25, -0.2) is 9.97 Å². The third-order valence-corrected chi connectivity index (χ3v) is 9.64. The number of carboxylic acids is 7. The molecule has 0 atom stereocenters. The standard InChI is InChI=1S/C39H38N4O14/c1-17-18(2-6-33(44)45)26-14-28-20(4-8-35(48)49)23(11-38(54)55)31(42-28)16-32-24(12-39(56)57)21(5-9-36(50)51)29(43-32)15-30-22(10-37(52)53)19(3-7-34(46)47)27(41-30)13-25(17)40-26/h13-16,42-43H,2-12H2,1H3,(H,44,45)(H,46,47)(H,48,49)(H,50,51)(H,52,53)(H,54,55)(H,56,57). The molecule has 2 aliphatic rings. The topological polar surface area (TPSA) is 318 Å². The fourth-order valence-corrected chi connectivity index (χ4v) is 7.13. The Kier molecular flexibility index (Phi) is 12.3. The second kappa shape index (κ2) is 17.1. The Morgan fingerprint density at radius 2 is 0.789 bits per heavy atom. The van der Waals surface area contributed by atoms with Crippen LogP contribution in [0.1, 0.15) is 96.9 Å². The Bertz CT molecular complexity index is 2470. The summed E-state index contributed by atoms with van der Waals surface area (Å²) >= 11 is 0. The average Bonchev–Trinajstić information content (AvgIpc) is 3.77. The average molecular weight is 787 g/mol. The Hall–Kier alpha value is -7.11. The third-order valence-electron chi connectivity index (χ3n) is 9.64. The van der Waals surface area contributed by atoms with Gasteiger partial charge in [-0.2, -0.15) is 0 Å². The van der Waals surface area contributed by atoms with Gasteiger partial charge in [0.05, 0.1) is 42.0 Å². The van der Waals surface area contributed by atoms with Crippen LogP contribution in [0.25, 0.3) is 44.4 Å². The van der Waals surface area contributed by atoms with Crippen LogP contribution in [0, 0.1) is 0 Å². The first-order valence-corrected chi connectivity index (χ1v) is 17.6. The number of aliphatic carboxylic acids is 7. The molecule has 0 amide bonds. The summed E-state index contributed by atoms with van der Waals surface area (Å²) in [5.41, 5.74) is 3.68. The Morgan fingerprint density at radius 1 is 0.421 bits per heavy atom. The highest BCUT2D eigenvalue weighted by Gasteiger charge is 2.26. The number of hydrogen-bond acceptors (Lipinski definition) is 9. The van der Waals surface area contributed by atoms with Crippen molar-refractivity contribution in [1.82, 2.24) is 19.9 Å². The van der Waals surface area contributed by atoms with Crippen molar-refractivity contribution in [2.45, 2.75) is 77.6 Å². The SMILES string of the molecule is CC1=C(CCC(=O)O)c2cc3[nH]c(cc4[nH]c(cc5nc(cc1n2)C(CCC(=O)O)=C5CC(=O)O)c(CCC(=O)O)c4CC(=O)O)c(CC(=O)O)c3CCC(=O)O. The third kappa shape index (κ3) is 9.77. The van der Waals surface area contributed by atoms with Gasteiger partial charge in [0.25, 0.3) is 0 Å². The predicted octanol–water partition coefficient (Wildman–Crippen LogP) is 4.65. The van der Waals surface area contributed by atoms with E-state index in [1.165, 1.54) is 24.3 Å². The van der Waals surface area contributed by atoms with Gasteiger partial charge in [0, 0.05) is 47.8 Å². The number of nitrogens with one attached hydrogen (secondary N) is 2. The number of allylic oxidation sites excluding steroid dienone is 3. The second-order valence-electron chi connectivity index (χ2n) is 13.5. The summed E-state index contributed by atoms with van der Waals surface area (Å²) < 4.78 is 0. The van der Waals surface area contributed by atoms with Crippen molar-refractivity contribution >= 4 is 86.1 Å². The fourth-order valence-electron chi connectivity index (χ4n) is 7.13. The molecule has 2 aliphatic heterocycles. The van der Waals surface area contributed by atoms with Crippen molar-refractivity contribution in [2.24, 2.45) is 0 Å². The number of nitrogens with zero attached hydrogens (tertiary/aromatic N) is 2. The summed E-state index contributed by atoms with van der Waals surface area (Å²) in [6.07, 6.45) is -3.89. The lowest BCUT2D eigenvalue weighted by Gasteiger charge is -2.06. The first-order chi connectivity index (χ1) is 26.9. The van der Waals surface area contributed by atoms with E-state index in [9.17, 15) is 69.3 Å². The monoisotopic (exact) mass is 786 g/mol. The lowest BCUT2D eigenvalue weighted by atomic mass is 9.96. The minimum atomic E-state index is -1.29. The summed E-state index contributed by atoms with van der Waals surface area (Å²) in [6, 6.07) is 5.90. The molecule has 0 aromatic carbocycles. The molecule has 9 N–H and O–H groups in total. The molecule has 8 bridgehead atoms. The van der Waals surface area contributed by atoms with Crippen molar-refractivity contribution in [3.63, 3.8) is 0 Å². The summed E-state index contributed by atoms with van der Waals surface area (Å²) in [4.78, 5) is 99.6. The summed E-state index contributed by atoms with van der Waals surface area (Å²) in [7, 11) is 0. The van der Waals surface area contributed by atoms with Crippen molar-refractivity contribution < 1.29 is 69.3 Å². The molecule has 0 spiro atoms. The van der Waals surface area contributed by atoms with Gasteiger partial charge in [0.15, 0.2) is 0 Å². The fraction of sp³-hybridized carbons (Fsp3) is 0.308. The second-order valence-corrected chi connectivity index (χ2v) is 13.5. The molecular formula is C39H38N4O14. The van der Waals surface area contributed by atoms with Crippen LogP contribution in [-0.2, 0) is 59.2 Å². The van der Waals surface area contributed by atoms with Crippen LogP contribution in [0.4, 0.5) is 0 Å². The number of aromatic nitrogens is 4. The molecule has 5 heterocycles. The van der Waals surface area contributed by atoms with Gasteiger partial charge in [-0.3, -0.25) is 33.6 Å². The van der Waals surface area contributed by atoms with Crippen LogP contribution in [0.15, 0.2) is 24.3 Å². The highest BCUT2D eigenvalue weighted by atomic mass is 16.4. The van der Waals surface area contributed by atoms with E-state index in [-0.39, 0.29) is 105 Å². The van der Waals surface area contributed by atoms with Gasteiger partial charge in [0.2, 0.25) is 0 Å². The summed E-state index contributed by atoms with van der Waals surface area (Å²) in [6.45, 7) is 1.68. The number of carbonyl (C=O) groups is 7. The Morgan fingerprint density at radius 3 is 1.23 bits per heavy atom. The van der Waals surface area contributed by atoms with Crippen LogP contribution in [0.2, 0.25) is 0 Å². The quantitative estimate of drug-likeness (QED) is 0.0847. The van der Waals surface area contributed by atoms with Gasteiger partial charge >= 0.3 is 41.8 Å². The maximum absolute atomic E-state index is 12.3. The minimum absolute atomic E-state index is 0.00773. The molecule has 0 unspecified atom stereocenters. The number of aromatic amines is 2. The molecule has 3 aromatic heterocycles. The van der Waals surface area contributed by atoms with Crippen LogP contribution < -0.4 is 0 Å². The molecule has 0 fully saturated rings. The molecular weight excluding hydrogens is 748 g/mol. The van der Waals surface area contributed by atoms with Gasteiger partial charge in [-0.15, -0.1) is 0 Å². The molecule has 18 heteroatoms. The molecule has 18 nitrogen and oxygen atoms in total. The molecule has 0 saturated carbocycles. The number of hydrogen-bond donors (Lipinski definition) is 9. The number of carboxylic acid groups (broad SMARTS) is 7. The lowest BCUT2D eigenvalue weighted by Crippen LogP contribution is -2.05. The number of fused-ring (bicyclic) bond motifs is 8. The van der Waals surface area contributed by atoms with Gasteiger partial charge in [-0.1, -0.05) is 0 Å². The largest absolute Gasteiger partial charge is 0.481 e. The molecule has 0 saturated heterocycles. The zero-order valence-corrected chi connectivity index (χ0v) is 30.5. The molecule has 3 aromatic rings. The molecule has 57 heavy (non-hydrogen) atoms. The number of rotatable bonds is 18. The zero-order chi connectivity index (χ0) is 41.7.